The molecule has 4 rings (SSSR count). The first kappa shape index (κ1) is 19.8. The maximum Gasteiger partial charge on any atom is 0.348 e. The van der Waals surface area contributed by atoms with Crippen LogP contribution >= 0.6 is 11.3 Å². The monoisotopic (exact) mass is 410 g/mol. The van der Waals surface area contributed by atoms with E-state index in [0.717, 1.165) is 44.3 Å². The third kappa shape index (κ3) is 4.12. The van der Waals surface area contributed by atoms with E-state index in [1.54, 1.807) is 0 Å². The summed E-state index contributed by atoms with van der Waals surface area (Å²) in [4.78, 5) is 27.8. The molecule has 0 atom stereocenters. The minimum absolute atomic E-state index is 0.430. The Morgan fingerprint density at radius 2 is 1.90 bits per heavy atom. The van der Waals surface area contributed by atoms with Gasteiger partial charge < -0.3 is 9.64 Å². The van der Waals surface area contributed by atoms with Crippen LogP contribution in [-0.2, 0) is 22.4 Å². The number of piperidine rings is 1. The van der Waals surface area contributed by atoms with Gasteiger partial charge in [-0.05, 0) is 61.1 Å². The standard InChI is InChI=1S/C22H24N3O3S/c1-25-10-8-15(9-11-25)21-16-5-3-2-4-14(16)6-7-18-17(21)12-19(29-18)22(27)28-13-20(26)24-23/h2-5,12H,6-11,13,23H2,1H3. The Morgan fingerprint density at radius 3 is 2.66 bits per heavy atom. The lowest BCUT2D eigenvalue weighted by Gasteiger charge is -2.27. The summed E-state index contributed by atoms with van der Waals surface area (Å²) >= 11 is 1.46. The average molecular weight is 411 g/mol. The van der Waals surface area contributed by atoms with Crippen molar-refractivity contribution in [2.75, 3.05) is 26.7 Å². The van der Waals surface area contributed by atoms with Gasteiger partial charge >= 0.3 is 5.97 Å². The molecular formula is C22H24N3O3S. The lowest BCUT2D eigenvalue weighted by molar-refractivity contribution is -0.124. The summed E-state index contributed by atoms with van der Waals surface area (Å²) in [5.41, 5.74) is 9.52. The topological polar surface area (TPSA) is 86.7 Å². The number of carbonyl (C=O) groups is 2. The van der Waals surface area contributed by atoms with Gasteiger partial charge in [-0.15, -0.1) is 11.3 Å². The van der Waals surface area contributed by atoms with Crippen molar-refractivity contribution in [3.05, 3.63) is 62.3 Å². The number of hydrogen-bond donors (Lipinski definition) is 1. The largest absolute Gasteiger partial charge is 0.451 e. The van der Waals surface area contributed by atoms with Crippen LogP contribution in [0.2, 0.25) is 0 Å². The van der Waals surface area contributed by atoms with Gasteiger partial charge in [0.2, 0.25) is 0 Å². The molecule has 1 aromatic carbocycles. The van der Waals surface area contributed by atoms with Gasteiger partial charge in [0, 0.05) is 18.0 Å². The third-order valence-corrected chi connectivity index (χ3v) is 6.78. The van der Waals surface area contributed by atoms with Gasteiger partial charge in [-0.3, -0.25) is 4.79 Å². The fourth-order valence-corrected chi connectivity index (χ4v) is 5.12. The van der Waals surface area contributed by atoms with E-state index in [9.17, 15) is 9.59 Å². The summed E-state index contributed by atoms with van der Waals surface area (Å²) in [6.07, 6.45) is 3.89. The normalized spacial score (nSPS) is 16.6. The fraction of sp³-hybridized carbons (Fsp3) is 0.364. The molecule has 2 aliphatic rings. The second-order valence-electron chi connectivity index (χ2n) is 7.49. The SMILES string of the molecule is CN1CCC(=C2c3ccccc3CCc3sc(C(=O)OCC(=O)[N]N)cc32)CC1. The van der Waals surface area contributed by atoms with E-state index >= 15 is 0 Å². The van der Waals surface area contributed by atoms with Crippen molar-refractivity contribution in [1.82, 2.24) is 10.3 Å². The molecule has 29 heavy (non-hydrogen) atoms. The molecule has 1 aromatic heterocycles. The van der Waals surface area contributed by atoms with Crippen LogP contribution < -0.4 is 11.3 Å². The first-order chi connectivity index (χ1) is 14.1. The Labute approximate surface area is 174 Å². The van der Waals surface area contributed by atoms with Crippen LogP contribution in [0.5, 0.6) is 0 Å². The molecule has 1 saturated heterocycles. The molecule has 2 heterocycles. The highest BCUT2D eigenvalue weighted by atomic mass is 32.1. The number of thiophene rings is 1. The van der Waals surface area contributed by atoms with Crippen molar-refractivity contribution in [2.45, 2.75) is 25.7 Å². The van der Waals surface area contributed by atoms with E-state index in [1.165, 1.54) is 38.5 Å². The fourth-order valence-electron chi connectivity index (χ4n) is 4.06. The Hall–Kier alpha value is -2.48. The number of ether oxygens (including phenoxy) is 1. The zero-order valence-electron chi connectivity index (χ0n) is 16.4. The highest BCUT2D eigenvalue weighted by Crippen LogP contribution is 2.41. The van der Waals surface area contributed by atoms with E-state index in [4.69, 9.17) is 10.6 Å². The van der Waals surface area contributed by atoms with Crippen molar-refractivity contribution >= 4 is 28.8 Å². The lowest BCUT2D eigenvalue weighted by Crippen LogP contribution is -2.27. The van der Waals surface area contributed by atoms with Gasteiger partial charge in [-0.25, -0.2) is 10.6 Å². The summed E-state index contributed by atoms with van der Waals surface area (Å²) in [6, 6.07) is 10.5. The van der Waals surface area contributed by atoms with E-state index in [1.807, 2.05) is 6.07 Å². The quantitative estimate of drug-likeness (QED) is 0.364. The zero-order chi connectivity index (χ0) is 20.4. The molecule has 1 radical (unpaired) electrons. The first-order valence-corrected chi connectivity index (χ1v) is 10.6. The van der Waals surface area contributed by atoms with Crippen molar-refractivity contribution in [3.63, 3.8) is 0 Å². The molecule has 0 saturated carbocycles. The number of nitrogens with two attached hydrogens (primary N) is 1. The Morgan fingerprint density at radius 1 is 1.14 bits per heavy atom. The van der Waals surface area contributed by atoms with Crippen LogP contribution in [-0.4, -0.2) is 43.5 Å². The number of rotatable bonds is 3. The predicted molar refractivity (Wildman–Crippen MR) is 113 cm³/mol. The summed E-state index contributed by atoms with van der Waals surface area (Å²) in [6.45, 7) is 1.65. The van der Waals surface area contributed by atoms with E-state index in [-0.39, 0.29) is 0 Å². The number of nitrogens with zero attached hydrogens (tertiary/aromatic N) is 2. The predicted octanol–water partition coefficient (Wildman–Crippen LogP) is 2.54. The van der Waals surface area contributed by atoms with Gasteiger partial charge in [-0.2, -0.15) is 5.43 Å². The Balaban J connectivity index is 1.74. The second kappa shape index (κ2) is 8.49. The van der Waals surface area contributed by atoms with Crippen molar-refractivity contribution in [1.29, 1.82) is 0 Å². The minimum atomic E-state index is -0.653. The minimum Gasteiger partial charge on any atom is -0.451 e. The Kier molecular flexibility index (Phi) is 5.80. The van der Waals surface area contributed by atoms with Crippen LogP contribution in [0, 0.1) is 0 Å². The van der Waals surface area contributed by atoms with Crippen LogP contribution in [0.4, 0.5) is 0 Å². The number of likely N-dealkylation sites (tertiary alicyclic amines) is 1. The van der Waals surface area contributed by atoms with Gasteiger partial charge in [0.25, 0.3) is 5.91 Å². The third-order valence-electron chi connectivity index (χ3n) is 5.60. The molecular weight excluding hydrogens is 386 g/mol. The molecule has 7 heteroatoms. The molecule has 1 aliphatic carbocycles. The van der Waals surface area contributed by atoms with Gasteiger partial charge in [0.15, 0.2) is 6.61 Å². The molecule has 0 spiro atoms. The number of aryl methyl sites for hydroxylation is 2. The van der Waals surface area contributed by atoms with Crippen molar-refractivity contribution in [2.24, 2.45) is 5.84 Å². The van der Waals surface area contributed by atoms with Crippen molar-refractivity contribution < 1.29 is 14.3 Å². The molecule has 1 fully saturated rings. The van der Waals surface area contributed by atoms with Gasteiger partial charge in [-0.1, -0.05) is 29.8 Å². The number of carbonyl (C=O) groups excluding carboxylic acids is 2. The lowest BCUT2D eigenvalue weighted by atomic mass is 9.87. The van der Waals surface area contributed by atoms with Crippen molar-refractivity contribution in [3.8, 4) is 0 Å². The van der Waals surface area contributed by atoms with Crippen LogP contribution in [0.3, 0.4) is 0 Å². The smallest absolute Gasteiger partial charge is 0.348 e. The number of hydrogen-bond acceptors (Lipinski definition) is 6. The number of esters is 1. The van der Waals surface area contributed by atoms with Gasteiger partial charge in [0.1, 0.15) is 4.88 Å². The molecule has 1 aliphatic heterocycles. The summed E-state index contributed by atoms with van der Waals surface area (Å²) in [7, 11) is 2.15. The maximum atomic E-state index is 12.5. The Bertz CT molecular complexity index is 969. The second-order valence-corrected chi connectivity index (χ2v) is 8.62. The number of benzene rings is 1. The molecule has 2 N–H and O–H groups in total. The van der Waals surface area contributed by atoms with Crippen LogP contribution in [0.1, 0.15) is 44.1 Å². The maximum absolute atomic E-state index is 12.5. The van der Waals surface area contributed by atoms with E-state index in [0.29, 0.717) is 4.88 Å². The average Bonchev–Trinajstić information content (AvgIpc) is 3.10. The summed E-state index contributed by atoms with van der Waals surface area (Å²) in [5, 5.41) is 0. The summed E-state index contributed by atoms with van der Waals surface area (Å²) in [5.74, 6) is 3.77. The molecule has 0 bridgehead atoms. The van der Waals surface area contributed by atoms with Crippen LogP contribution in [0.25, 0.3) is 5.57 Å². The zero-order valence-corrected chi connectivity index (χ0v) is 17.3. The number of fused-ring (bicyclic) bond motifs is 2. The van der Waals surface area contributed by atoms with Gasteiger partial charge in [0.05, 0.1) is 0 Å². The molecule has 6 nitrogen and oxygen atoms in total. The number of amides is 1. The molecule has 0 unspecified atom stereocenters. The molecule has 1 amide bonds. The molecule has 151 valence electrons. The van der Waals surface area contributed by atoms with Crippen LogP contribution in [0.15, 0.2) is 35.9 Å². The van der Waals surface area contributed by atoms with E-state index < -0.39 is 18.5 Å². The molecule has 2 aromatic rings. The highest BCUT2D eigenvalue weighted by Gasteiger charge is 2.26. The first-order valence-electron chi connectivity index (χ1n) is 9.79. The highest BCUT2D eigenvalue weighted by molar-refractivity contribution is 7.14. The van der Waals surface area contributed by atoms with E-state index in [2.05, 4.69) is 41.6 Å². The summed E-state index contributed by atoms with van der Waals surface area (Å²) < 4.78 is 5.08.